The van der Waals surface area contributed by atoms with Gasteiger partial charge in [-0.25, -0.2) is 4.79 Å². The summed E-state index contributed by atoms with van der Waals surface area (Å²) in [7, 11) is 0. The van der Waals surface area contributed by atoms with Crippen LogP contribution in [0.5, 0.6) is 0 Å². The van der Waals surface area contributed by atoms with Crippen molar-refractivity contribution in [1.29, 1.82) is 0 Å². The summed E-state index contributed by atoms with van der Waals surface area (Å²) in [5.41, 5.74) is 3.38. The van der Waals surface area contributed by atoms with Crippen molar-refractivity contribution in [2.45, 2.75) is 25.8 Å². The average Bonchev–Trinajstić information content (AvgIpc) is 3.44. The summed E-state index contributed by atoms with van der Waals surface area (Å²) in [5.74, 6) is 0.661. The molecule has 0 spiro atoms. The van der Waals surface area contributed by atoms with Crippen molar-refractivity contribution in [3.05, 3.63) is 83.6 Å². The van der Waals surface area contributed by atoms with Crippen LogP contribution in [0.3, 0.4) is 0 Å². The Bertz CT molecular complexity index is 636. The van der Waals surface area contributed by atoms with Gasteiger partial charge < -0.3 is 10.6 Å². The van der Waals surface area contributed by atoms with Gasteiger partial charge in [-0.15, -0.1) is 0 Å². The van der Waals surface area contributed by atoms with Gasteiger partial charge >= 0.3 is 6.03 Å². The number of rotatable bonds is 5. The Kier molecular flexibility index (Phi) is 4.77. The van der Waals surface area contributed by atoms with Gasteiger partial charge in [-0.05, 0) is 36.8 Å². The van der Waals surface area contributed by atoms with Gasteiger partial charge in [-0.2, -0.15) is 0 Å². The minimum absolute atomic E-state index is 0.160. The van der Waals surface area contributed by atoms with E-state index in [-0.39, 0.29) is 12.1 Å². The van der Waals surface area contributed by atoms with E-state index in [1.54, 1.807) is 0 Å². The minimum atomic E-state index is -0.178. The summed E-state index contributed by atoms with van der Waals surface area (Å²) in [5, 5.41) is 5.93. The standard InChI is InChI=1S/C20H22N2O/c1-15(16-12-13-16)14-21-20(23)22-19(17-8-4-2-5-9-17)18-10-6-3-7-11-18/h2-11,14,16,19H,12-13H2,1H3,(H2,21,22,23)/b15-14+. The molecule has 0 heterocycles. The molecule has 2 N–H and O–H groups in total. The predicted octanol–water partition coefficient (Wildman–Crippen LogP) is 4.39. The Hall–Kier alpha value is -2.55. The summed E-state index contributed by atoms with van der Waals surface area (Å²) >= 11 is 0. The summed E-state index contributed by atoms with van der Waals surface area (Å²) in [6, 6.07) is 19.7. The van der Waals surface area contributed by atoms with Crippen LogP contribution in [0.2, 0.25) is 0 Å². The Morgan fingerprint density at radius 2 is 1.52 bits per heavy atom. The molecule has 1 saturated carbocycles. The molecule has 118 valence electrons. The molecule has 0 unspecified atom stereocenters. The number of hydrogen-bond donors (Lipinski definition) is 2. The number of allylic oxidation sites excluding steroid dienone is 1. The first-order chi connectivity index (χ1) is 11.2. The lowest BCUT2D eigenvalue weighted by Crippen LogP contribution is -2.36. The highest BCUT2D eigenvalue weighted by molar-refractivity contribution is 5.76. The number of benzene rings is 2. The maximum Gasteiger partial charge on any atom is 0.319 e. The number of hydrogen-bond acceptors (Lipinski definition) is 1. The van der Waals surface area contributed by atoms with Crippen molar-refractivity contribution in [2.75, 3.05) is 0 Å². The quantitative estimate of drug-likeness (QED) is 0.845. The highest BCUT2D eigenvalue weighted by atomic mass is 16.2. The van der Waals surface area contributed by atoms with Crippen LogP contribution in [0.15, 0.2) is 72.4 Å². The van der Waals surface area contributed by atoms with Crippen molar-refractivity contribution in [1.82, 2.24) is 10.6 Å². The average molecular weight is 306 g/mol. The molecule has 23 heavy (non-hydrogen) atoms. The fraction of sp³-hybridized carbons (Fsp3) is 0.250. The topological polar surface area (TPSA) is 41.1 Å². The van der Waals surface area contributed by atoms with Gasteiger partial charge in [-0.3, -0.25) is 0 Å². The molecule has 0 aromatic heterocycles. The van der Waals surface area contributed by atoms with Crippen molar-refractivity contribution in [2.24, 2.45) is 5.92 Å². The van der Waals surface area contributed by atoms with Crippen molar-refractivity contribution in [3.8, 4) is 0 Å². The van der Waals surface area contributed by atoms with E-state index in [2.05, 4.69) is 17.6 Å². The molecule has 3 heteroatoms. The molecule has 0 aliphatic heterocycles. The summed E-state index contributed by atoms with van der Waals surface area (Å²) in [6.45, 7) is 2.07. The lowest BCUT2D eigenvalue weighted by molar-refractivity contribution is 0.242. The van der Waals surface area contributed by atoms with Crippen molar-refractivity contribution < 1.29 is 4.79 Å². The second-order valence-corrected chi connectivity index (χ2v) is 6.03. The van der Waals surface area contributed by atoms with Crippen LogP contribution in [-0.2, 0) is 0 Å². The van der Waals surface area contributed by atoms with E-state index in [4.69, 9.17) is 0 Å². The van der Waals surface area contributed by atoms with Crippen LogP contribution in [0.25, 0.3) is 0 Å². The summed E-state index contributed by atoms with van der Waals surface area (Å²) in [6.07, 6.45) is 4.31. The molecular formula is C20H22N2O. The Morgan fingerprint density at radius 3 is 2.00 bits per heavy atom. The fourth-order valence-electron chi connectivity index (χ4n) is 2.66. The SMILES string of the molecule is C/C(=C\NC(=O)NC(c1ccccc1)c1ccccc1)C1CC1. The van der Waals surface area contributed by atoms with E-state index in [0.717, 1.165) is 11.1 Å². The number of nitrogens with one attached hydrogen (secondary N) is 2. The molecule has 2 aromatic carbocycles. The third-order valence-electron chi connectivity index (χ3n) is 4.19. The summed E-state index contributed by atoms with van der Waals surface area (Å²) < 4.78 is 0. The molecular weight excluding hydrogens is 284 g/mol. The van der Waals surface area contributed by atoms with Gasteiger partial charge in [0, 0.05) is 6.20 Å². The lowest BCUT2D eigenvalue weighted by Gasteiger charge is -2.19. The first-order valence-electron chi connectivity index (χ1n) is 8.07. The first kappa shape index (κ1) is 15.3. The molecule has 1 fully saturated rings. The third kappa shape index (κ3) is 4.22. The monoisotopic (exact) mass is 306 g/mol. The van der Waals surface area contributed by atoms with Gasteiger partial charge in [0.05, 0.1) is 6.04 Å². The zero-order valence-corrected chi connectivity index (χ0v) is 13.3. The van der Waals surface area contributed by atoms with Crippen LogP contribution in [-0.4, -0.2) is 6.03 Å². The van der Waals surface area contributed by atoms with Gasteiger partial charge in [0.1, 0.15) is 0 Å². The van der Waals surface area contributed by atoms with Crippen molar-refractivity contribution in [3.63, 3.8) is 0 Å². The Labute approximate surface area is 137 Å². The van der Waals surface area contributed by atoms with E-state index >= 15 is 0 Å². The second-order valence-electron chi connectivity index (χ2n) is 6.03. The predicted molar refractivity (Wildman–Crippen MR) is 92.9 cm³/mol. The molecule has 0 saturated heterocycles. The Balaban J connectivity index is 1.73. The zero-order chi connectivity index (χ0) is 16.1. The molecule has 3 rings (SSSR count). The van der Waals surface area contributed by atoms with Gasteiger partial charge in [0.15, 0.2) is 0 Å². The van der Waals surface area contributed by atoms with Crippen molar-refractivity contribution >= 4 is 6.03 Å². The fourth-order valence-corrected chi connectivity index (χ4v) is 2.66. The number of carbonyl (C=O) groups excluding carboxylic acids is 1. The maximum absolute atomic E-state index is 12.3. The van der Waals surface area contributed by atoms with E-state index in [9.17, 15) is 4.79 Å². The van der Waals surface area contributed by atoms with Crippen LogP contribution in [0.1, 0.15) is 36.9 Å². The molecule has 0 radical (unpaired) electrons. The highest BCUT2D eigenvalue weighted by Crippen LogP contribution is 2.35. The Morgan fingerprint density at radius 1 is 1.00 bits per heavy atom. The number of carbonyl (C=O) groups is 1. The van der Waals surface area contributed by atoms with Crippen LogP contribution in [0.4, 0.5) is 4.79 Å². The van der Waals surface area contributed by atoms with Crippen LogP contribution < -0.4 is 10.6 Å². The van der Waals surface area contributed by atoms with E-state index in [1.165, 1.54) is 18.4 Å². The van der Waals surface area contributed by atoms with E-state index in [0.29, 0.717) is 5.92 Å². The molecule has 2 amide bonds. The minimum Gasteiger partial charge on any atom is -0.327 e. The van der Waals surface area contributed by atoms with E-state index < -0.39 is 0 Å². The third-order valence-corrected chi connectivity index (χ3v) is 4.19. The van der Waals surface area contributed by atoms with E-state index in [1.807, 2.05) is 66.9 Å². The van der Waals surface area contributed by atoms with Gasteiger partial charge in [0.25, 0.3) is 0 Å². The molecule has 0 bridgehead atoms. The highest BCUT2D eigenvalue weighted by Gasteiger charge is 2.23. The van der Waals surface area contributed by atoms with Crippen LogP contribution >= 0.6 is 0 Å². The molecule has 0 atom stereocenters. The van der Waals surface area contributed by atoms with Gasteiger partial charge in [-0.1, -0.05) is 66.2 Å². The summed E-state index contributed by atoms with van der Waals surface area (Å²) in [4.78, 5) is 12.3. The molecule has 1 aliphatic rings. The molecule has 3 nitrogen and oxygen atoms in total. The normalized spacial score (nSPS) is 14.6. The second kappa shape index (κ2) is 7.14. The smallest absolute Gasteiger partial charge is 0.319 e. The zero-order valence-electron chi connectivity index (χ0n) is 13.3. The van der Waals surface area contributed by atoms with Crippen LogP contribution in [0, 0.1) is 5.92 Å². The van der Waals surface area contributed by atoms with Gasteiger partial charge in [0.2, 0.25) is 0 Å². The number of amides is 2. The number of urea groups is 1. The maximum atomic E-state index is 12.3. The lowest BCUT2D eigenvalue weighted by atomic mass is 9.99. The largest absolute Gasteiger partial charge is 0.327 e. The molecule has 2 aromatic rings. The molecule has 1 aliphatic carbocycles. The first-order valence-corrected chi connectivity index (χ1v) is 8.07.